The van der Waals surface area contributed by atoms with E-state index in [1.807, 2.05) is 78.9 Å². The van der Waals surface area contributed by atoms with Crippen LogP contribution in [0.25, 0.3) is 123 Å². The molecule has 0 bridgehead atoms. The molecule has 64 heavy (non-hydrogen) atoms. The van der Waals surface area contributed by atoms with Crippen molar-refractivity contribution in [3.05, 3.63) is 212 Å². The third-order valence-corrected chi connectivity index (χ3v) is 11.5. The Morgan fingerprint density at radius 2 is 0.641 bits per heavy atom. The molecule has 0 radical (unpaired) electrons. The SMILES string of the molecule is c1ccc(-c2cc(-c3ccccc3)cc(-c3nc(-c4cccc(-c5ccc6ccccc6c5)c4)nc(-c4cc(-c5nc6ccccc6o5)cc(-c5nc6ccccc6o5)c4)n3)c2)cc1. The zero-order valence-corrected chi connectivity index (χ0v) is 34.3. The van der Waals surface area contributed by atoms with Gasteiger partial charge in [0.25, 0.3) is 0 Å². The maximum absolute atomic E-state index is 6.36. The number of rotatable bonds is 8. The van der Waals surface area contributed by atoms with Crippen molar-refractivity contribution < 1.29 is 8.83 Å². The minimum Gasteiger partial charge on any atom is -0.436 e. The highest BCUT2D eigenvalue weighted by Crippen LogP contribution is 2.37. The summed E-state index contributed by atoms with van der Waals surface area (Å²) in [7, 11) is 0. The van der Waals surface area contributed by atoms with Crippen molar-refractivity contribution in [3.8, 4) is 90.5 Å². The summed E-state index contributed by atoms with van der Waals surface area (Å²) in [6.07, 6.45) is 0. The molecule has 0 aliphatic carbocycles. The molecule has 0 atom stereocenters. The second-order valence-electron chi connectivity index (χ2n) is 15.8. The van der Waals surface area contributed by atoms with Gasteiger partial charge in [-0.05, 0) is 117 Å². The first-order valence-electron chi connectivity index (χ1n) is 21.1. The largest absolute Gasteiger partial charge is 0.436 e. The molecular weight excluding hydrogens is 787 g/mol. The van der Waals surface area contributed by atoms with Crippen LogP contribution in [0.4, 0.5) is 0 Å². The summed E-state index contributed by atoms with van der Waals surface area (Å²) < 4.78 is 12.7. The van der Waals surface area contributed by atoms with Crippen molar-refractivity contribution in [2.75, 3.05) is 0 Å². The zero-order chi connectivity index (χ0) is 42.4. The third kappa shape index (κ3) is 7.07. The first-order chi connectivity index (χ1) is 31.6. The quantitative estimate of drug-likeness (QED) is 0.151. The molecule has 7 heteroatoms. The number of oxazole rings is 2. The fourth-order valence-corrected chi connectivity index (χ4v) is 8.32. The minimum atomic E-state index is 0.459. The first-order valence-corrected chi connectivity index (χ1v) is 21.1. The molecule has 7 nitrogen and oxygen atoms in total. The zero-order valence-electron chi connectivity index (χ0n) is 34.3. The molecule has 0 saturated heterocycles. The van der Waals surface area contributed by atoms with Crippen LogP contribution in [0.15, 0.2) is 221 Å². The molecule has 12 aromatic rings. The van der Waals surface area contributed by atoms with Crippen LogP contribution in [-0.4, -0.2) is 24.9 Å². The van der Waals surface area contributed by atoms with E-state index in [1.54, 1.807) is 0 Å². The van der Waals surface area contributed by atoms with Crippen LogP contribution >= 0.6 is 0 Å². The van der Waals surface area contributed by atoms with Crippen LogP contribution in [0.5, 0.6) is 0 Å². The minimum absolute atomic E-state index is 0.459. The molecule has 0 aliphatic rings. The Balaban J connectivity index is 1.08. The Morgan fingerprint density at radius 1 is 0.234 bits per heavy atom. The summed E-state index contributed by atoms with van der Waals surface area (Å²) >= 11 is 0. The summed E-state index contributed by atoms with van der Waals surface area (Å²) in [5.41, 5.74) is 13.2. The number of hydrogen-bond donors (Lipinski definition) is 0. The lowest BCUT2D eigenvalue weighted by molar-refractivity contribution is 0.617. The van der Waals surface area contributed by atoms with Crippen molar-refractivity contribution in [2.24, 2.45) is 0 Å². The van der Waals surface area contributed by atoms with Crippen LogP contribution < -0.4 is 0 Å². The van der Waals surface area contributed by atoms with Crippen molar-refractivity contribution in [1.82, 2.24) is 24.9 Å². The van der Waals surface area contributed by atoms with Crippen molar-refractivity contribution in [3.63, 3.8) is 0 Å². The normalized spacial score (nSPS) is 11.4. The van der Waals surface area contributed by atoms with Gasteiger partial charge in [0.1, 0.15) is 11.0 Å². The van der Waals surface area contributed by atoms with Crippen LogP contribution in [0.2, 0.25) is 0 Å². The standard InChI is InChI=1S/C57H35N5O2/c1-3-14-36(15-4-1)43-30-44(37-16-5-2-6-17-37)32-45(31-43)54-60-53(42-21-13-20-40(29-42)41-27-26-38-18-7-8-19-39(38)28-41)61-55(62-54)46-33-47(56-58-49-22-9-11-24-51(49)63-56)35-48(34-46)57-59-50-23-10-12-25-52(50)64-57/h1-35H. The lowest BCUT2D eigenvalue weighted by Gasteiger charge is -2.13. The highest BCUT2D eigenvalue weighted by molar-refractivity contribution is 5.88. The second-order valence-corrected chi connectivity index (χ2v) is 15.8. The number of fused-ring (bicyclic) bond motifs is 3. The average Bonchev–Trinajstić information content (AvgIpc) is 4.02. The second kappa shape index (κ2) is 15.6. The van der Waals surface area contributed by atoms with Gasteiger partial charge < -0.3 is 8.83 Å². The van der Waals surface area contributed by atoms with Gasteiger partial charge in [-0.3, -0.25) is 0 Å². The molecule has 0 amide bonds. The van der Waals surface area contributed by atoms with Crippen LogP contribution in [-0.2, 0) is 0 Å². The van der Waals surface area contributed by atoms with E-state index in [4.69, 9.17) is 33.8 Å². The Labute approximate surface area is 368 Å². The topological polar surface area (TPSA) is 90.7 Å². The lowest BCUT2D eigenvalue weighted by Crippen LogP contribution is -2.01. The number of para-hydroxylation sites is 4. The summed E-state index contributed by atoms with van der Waals surface area (Å²) in [6.45, 7) is 0. The molecule has 300 valence electrons. The fraction of sp³-hybridized carbons (Fsp3) is 0. The van der Waals surface area contributed by atoms with Crippen molar-refractivity contribution in [1.29, 1.82) is 0 Å². The van der Waals surface area contributed by atoms with E-state index in [9.17, 15) is 0 Å². The summed E-state index contributed by atoms with van der Waals surface area (Å²) in [5, 5.41) is 2.37. The highest BCUT2D eigenvalue weighted by Gasteiger charge is 2.20. The molecule has 0 aliphatic heterocycles. The monoisotopic (exact) mass is 821 g/mol. The molecule has 0 N–H and O–H groups in total. The van der Waals surface area contributed by atoms with E-state index in [2.05, 4.69) is 133 Å². The Bertz CT molecular complexity index is 3470. The average molecular weight is 822 g/mol. The van der Waals surface area contributed by atoms with E-state index < -0.39 is 0 Å². The molecule has 0 fully saturated rings. The first kappa shape index (κ1) is 37.0. The summed E-state index contributed by atoms with van der Waals surface area (Å²) in [5.74, 6) is 2.45. The molecule has 0 spiro atoms. The van der Waals surface area contributed by atoms with Gasteiger partial charge in [-0.15, -0.1) is 0 Å². The summed E-state index contributed by atoms with van der Waals surface area (Å²) in [4.78, 5) is 25.7. The Morgan fingerprint density at radius 3 is 1.22 bits per heavy atom. The van der Waals surface area contributed by atoms with Gasteiger partial charge in [0, 0.05) is 27.8 Å². The smallest absolute Gasteiger partial charge is 0.227 e. The Kier molecular flexibility index (Phi) is 9.01. The predicted molar refractivity (Wildman–Crippen MR) is 256 cm³/mol. The van der Waals surface area contributed by atoms with Gasteiger partial charge in [-0.25, -0.2) is 24.9 Å². The lowest BCUT2D eigenvalue weighted by atomic mass is 9.95. The van der Waals surface area contributed by atoms with Gasteiger partial charge in [-0.1, -0.05) is 140 Å². The van der Waals surface area contributed by atoms with Crippen molar-refractivity contribution in [2.45, 2.75) is 0 Å². The molecule has 3 heterocycles. The Hall–Kier alpha value is -8.81. The molecule has 0 unspecified atom stereocenters. The maximum Gasteiger partial charge on any atom is 0.227 e. The van der Waals surface area contributed by atoms with Crippen LogP contribution in [0.1, 0.15) is 0 Å². The number of aromatic nitrogens is 5. The summed E-state index contributed by atoms with van der Waals surface area (Å²) in [6, 6.07) is 72.3. The van der Waals surface area contributed by atoms with Gasteiger partial charge in [-0.2, -0.15) is 0 Å². The number of benzene rings is 9. The number of nitrogens with zero attached hydrogens (tertiary/aromatic N) is 5. The van der Waals surface area contributed by atoms with Gasteiger partial charge in [0.2, 0.25) is 11.8 Å². The fourth-order valence-electron chi connectivity index (χ4n) is 8.32. The van der Waals surface area contributed by atoms with Crippen LogP contribution in [0.3, 0.4) is 0 Å². The van der Waals surface area contributed by atoms with Crippen LogP contribution in [0, 0.1) is 0 Å². The van der Waals surface area contributed by atoms with E-state index in [-0.39, 0.29) is 0 Å². The van der Waals surface area contributed by atoms with Gasteiger partial charge in [0.15, 0.2) is 28.6 Å². The van der Waals surface area contributed by atoms with Gasteiger partial charge in [0.05, 0.1) is 0 Å². The van der Waals surface area contributed by atoms with Crippen molar-refractivity contribution >= 4 is 33.0 Å². The molecular formula is C57H35N5O2. The van der Waals surface area contributed by atoms with E-state index in [0.717, 1.165) is 72.2 Å². The molecule has 9 aromatic carbocycles. The van der Waals surface area contributed by atoms with E-state index in [0.29, 0.717) is 40.4 Å². The van der Waals surface area contributed by atoms with E-state index in [1.165, 1.54) is 10.8 Å². The number of hydrogen-bond acceptors (Lipinski definition) is 7. The predicted octanol–water partition coefficient (Wildman–Crippen LogP) is 14.6. The third-order valence-electron chi connectivity index (χ3n) is 11.5. The molecule has 12 rings (SSSR count). The molecule has 3 aromatic heterocycles. The van der Waals surface area contributed by atoms with E-state index >= 15 is 0 Å². The highest BCUT2D eigenvalue weighted by atomic mass is 16.4. The molecule has 0 saturated carbocycles. The van der Waals surface area contributed by atoms with Gasteiger partial charge >= 0.3 is 0 Å². The maximum atomic E-state index is 6.36.